The first kappa shape index (κ1) is 26.8. The molecule has 2 heteroatoms. The van der Waals surface area contributed by atoms with Crippen molar-refractivity contribution in [2.45, 2.75) is 0 Å². The Kier molecular flexibility index (Phi) is 5.91. The zero-order valence-electron chi connectivity index (χ0n) is 26.1. The third-order valence-electron chi connectivity index (χ3n) is 9.82. The third-order valence-corrected chi connectivity index (χ3v) is 9.82. The van der Waals surface area contributed by atoms with Crippen molar-refractivity contribution < 1.29 is 4.42 Å². The van der Waals surface area contributed by atoms with E-state index in [-0.39, 0.29) is 0 Å². The fourth-order valence-corrected chi connectivity index (χ4v) is 7.51. The fraction of sp³-hybridized carbons (Fsp3) is 0. The molecule has 0 aliphatic rings. The second kappa shape index (κ2) is 10.6. The van der Waals surface area contributed by atoms with Crippen molar-refractivity contribution in [3.8, 4) is 11.1 Å². The number of nitrogens with zero attached hydrogens (tertiary/aromatic N) is 1. The largest absolute Gasteiger partial charge is 0.456 e. The van der Waals surface area contributed by atoms with Crippen LogP contribution in [-0.2, 0) is 0 Å². The summed E-state index contributed by atoms with van der Waals surface area (Å²) >= 11 is 0. The molecule has 0 N–H and O–H groups in total. The van der Waals surface area contributed by atoms with E-state index in [0.29, 0.717) is 0 Å². The summed E-state index contributed by atoms with van der Waals surface area (Å²) in [5.74, 6) is 0. The molecule has 0 radical (unpaired) electrons. The van der Waals surface area contributed by atoms with Crippen molar-refractivity contribution in [1.29, 1.82) is 0 Å². The zero-order valence-corrected chi connectivity index (χ0v) is 26.1. The van der Waals surface area contributed by atoms with Crippen LogP contribution < -0.4 is 4.90 Å². The molecule has 10 aromatic rings. The number of hydrogen-bond donors (Lipinski definition) is 0. The first-order chi connectivity index (χ1) is 23.8. The molecule has 10 rings (SSSR count). The molecule has 0 spiro atoms. The lowest BCUT2D eigenvalue weighted by Crippen LogP contribution is -2.09. The molecule has 0 amide bonds. The quantitative estimate of drug-likeness (QED) is 0.184. The van der Waals surface area contributed by atoms with E-state index in [1.54, 1.807) is 0 Å². The van der Waals surface area contributed by atoms with Gasteiger partial charge in [0.15, 0.2) is 0 Å². The minimum atomic E-state index is 0.910. The highest BCUT2D eigenvalue weighted by Crippen LogP contribution is 2.41. The molecule has 0 bridgehead atoms. The van der Waals surface area contributed by atoms with Gasteiger partial charge in [0.25, 0.3) is 0 Å². The number of anilines is 3. The van der Waals surface area contributed by atoms with Crippen LogP contribution in [0.15, 0.2) is 180 Å². The van der Waals surface area contributed by atoms with Crippen LogP contribution in [0.1, 0.15) is 0 Å². The molecule has 0 aliphatic heterocycles. The Labute approximate surface area is 277 Å². The predicted molar refractivity (Wildman–Crippen MR) is 204 cm³/mol. The highest BCUT2D eigenvalue weighted by Gasteiger charge is 2.16. The standard InChI is InChI=1S/C46H29NO/c1-2-9-35(10-3-1)47(37-23-16-32-20-27-45-46(43(32)29-37)42-12-6-7-13-44(42)48-45)36-21-14-30(15-22-36)33-18-24-39-34(28-33)19-26-40-38-11-5-4-8-31(38)17-25-41(39)40/h1-29H. The monoisotopic (exact) mass is 611 g/mol. The Hall–Kier alpha value is -6.38. The summed E-state index contributed by atoms with van der Waals surface area (Å²) in [6, 6.07) is 63.3. The number of benzene rings is 9. The lowest BCUT2D eigenvalue weighted by atomic mass is 9.95. The maximum Gasteiger partial charge on any atom is 0.136 e. The molecule has 48 heavy (non-hydrogen) atoms. The lowest BCUT2D eigenvalue weighted by Gasteiger charge is -2.26. The van der Waals surface area contributed by atoms with Crippen LogP contribution in [0.5, 0.6) is 0 Å². The molecular weight excluding hydrogens is 583 g/mol. The maximum absolute atomic E-state index is 6.24. The smallest absolute Gasteiger partial charge is 0.136 e. The van der Waals surface area contributed by atoms with Gasteiger partial charge in [0.05, 0.1) is 0 Å². The Morgan fingerprint density at radius 2 is 0.896 bits per heavy atom. The van der Waals surface area contributed by atoms with Gasteiger partial charge in [0, 0.05) is 27.8 Å². The lowest BCUT2D eigenvalue weighted by molar-refractivity contribution is 0.669. The second-order valence-corrected chi connectivity index (χ2v) is 12.5. The molecule has 9 aromatic carbocycles. The van der Waals surface area contributed by atoms with Crippen molar-refractivity contribution >= 4 is 82.1 Å². The van der Waals surface area contributed by atoms with E-state index in [2.05, 4.69) is 169 Å². The van der Waals surface area contributed by atoms with Crippen molar-refractivity contribution in [2.24, 2.45) is 0 Å². The zero-order chi connectivity index (χ0) is 31.6. The van der Waals surface area contributed by atoms with E-state index in [9.17, 15) is 0 Å². The first-order valence-electron chi connectivity index (χ1n) is 16.4. The van der Waals surface area contributed by atoms with Crippen molar-refractivity contribution in [3.05, 3.63) is 176 Å². The van der Waals surface area contributed by atoms with Gasteiger partial charge >= 0.3 is 0 Å². The third kappa shape index (κ3) is 4.20. The van der Waals surface area contributed by atoms with Crippen molar-refractivity contribution in [2.75, 3.05) is 4.90 Å². The molecule has 1 heterocycles. The normalized spacial score (nSPS) is 11.8. The van der Waals surface area contributed by atoms with Crippen LogP contribution in [0, 0.1) is 0 Å². The van der Waals surface area contributed by atoms with E-state index < -0.39 is 0 Å². The maximum atomic E-state index is 6.24. The van der Waals surface area contributed by atoms with E-state index in [4.69, 9.17) is 4.42 Å². The van der Waals surface area contributed by atoms with Gasteiger partial charge in [-0.3, -0.25) is 0 Å². The van der Waals surface area contributed by atoms with Crippen LogP contribution in [0.4, 0.5) is 17.1 Å². The van der Waals surface area contributed by atoms with E-state index in [1.807, 2.05) is 12.1 Å². The molecule has 0 unspecified atom stereocenters. The topological polar surface area (TPSA) is 16.4 Å². The Balaban J connectivity index is 1.07. The summed E-state index contributed by atoms with van der Waals surface area (Å²) in [7, 11) is 0. The Morgan fingerprint density at radius 1 is 0.312 bits per heavy atom. The Morgan fingerprint density at radius 3 is 1.75 bits per heavy atom. The first-order valence-corrected chi connectivity index (χ1v) is 16.4. The van der Waals surface area contributed by atoms with Crippen LogP contribution in [-0.4, -0.2) is 0 Å². The number of rotatable bonds is 4. The molecule has 0 saturated carbocycles. The Bertz CT molecular complexity index is 2830. The van der Waals surface area contributed by atoms with Crippen LogP contribution in [0.3, 0.4) is 0 Å². The molecular formula is C46H29NO. The van der Waals surface area contributed by atoms with Crippen molar-refractivity contribution in [3.63, 3.8) is 0 Å². The van der Waals surface area contributed by atoms with Gasteiger partial charge in [0.2, 0.25) is 0 Å². The van der Waals surface area contributed by atoms with Crippen LogP contribution in [0.25, 0.3) is 76.2 Å². The molecule has 2 nitrogen and oxygen atoms in total. The number of furan rings is 1. The van der Waals surface area contributed by atoms with E-state index >= 15 is 0 Å². The van der Waals surface area contributed by atoms with E-state index in [0.717, 1.165) is 39.0 Å². The van der Waals surface area contributed by atoms with Gasteiger partial charge in [-0.1, -0.05) is 121 Å². The highest BCUT2D eigenvalue weighted by atomic mass is 16.3. The SMILES string of the molecule is c1ccc(N(c2ccc(-c3ccc4c(ccc5c6ccccc6ccc45)c3)cc2)c2ccc3ccc4oc5ccccc5c4c3c2)cc1. The molecule has 1 aromatic heterocycles. The van der Waals surface area contributed by atoms with Gasteiger partial charge in [-0.15, -0.1) is 0 Å². The molecule has 224 valence electrons. The highest BCUT2D eigenvalue weighted by molar-refractivity contribution is 6.20. The van der Waals surface area contributed by atoms with Gasteiger partial charge in [-0.05, 0) is 109 Å². The average Bonchev–Trinajstić information content (AvgIpc) is 3.54. The van der Waals surface area contributed by atoms with Crippen LogP contribution in [0.2, 0.25) is 0 Å². The summed E-state index contributed by atoms with van der Waals surface area (Å²) in [4.78, 5) is 2.33. The fourth-order valence-electron chi connectivity index (χ4n) is 7.51. The minimum Gasteiger partial charge on any atom is -0.456 e. The van der Waals surface area contributed by atoms with Crippen LogP contribution >= 0.6 is 0 Å². The molecule has 0 atom stereocenters. The summed E-state index contributed by atoms with van der Waals surface area (Å²) in [5, 5.41) is 12.4. The number of para-hydroxylation sites is 2. The number of fused-ring (bicyclic) bond motifs is 10. The number of hydrogen-bond acceptors (Lipinski definition) is 2. The van der Waals surface area contributed by atoms with Gasteiger partial charge < -0.3 is 9.32 Å². The van der Waals surface area contributed by atoms with Crippen molar-refractivity contribution in [1.82, 2.24) is 0 Å². The summed E-state index contributed by atoms with van der Waals surface area (Å²) in [5.41, 5.74) is 7.54. The predicted octanol–water partition coefficient (Wildman–Crippen LogP) is 13.3. The molecule has 0 fully saturated rings. The van der Waals surface area contributed by atoms with E-state index in [1.165, 1.54) is 54.2 Å². The van der Waals surface area contributed by atoms with Gasteiger partial charge in [-0.25, -0.2) is 0 Å². The van der Waals surface area contributed by atoms with Gasteiger partial charge in [0.1, 0.15) is 11.2 Å². The summed E-state index contributed by atoms with van der Waals surface area (Å²) in [6.07, 6.45) is 0. The summed E-state index contributed by atoms with van der Waals surface area (Å²) < 4.78 is 6.24. The molecule has 0 saturated heterocycles. The molecule has 0 aliphatic carbocycles. The average molecular weight is 612 g/mol. The minimum absolute atomic E-state index is 0.910. The second-order valence-electron chi connectivity index (χ2n) is 12.5. The summed E-state index contributed by atoms with van der Waals surface area (Å²) in [6.45, 7) is 0. The van der Waals surface area contributed by atoms with Gasteiger partial charge in [-0.2, -0.15) is 0 Å².